The van der Waals surface area contributed by atoms with Gasteiger partial charge in [-0.05, 0) is 12.1 Å². The van der Waals surface area contributed by atoms with E-state index < -0.39 is 17.4 Å². The second-order valence-electron chi connectivity index (χ2n) is 3.38. The molecule has 0 saturated heterocycles. The number of hydrogen-bond acceptors (Lipinski definition) is 2. The monoisotopic (exact) mass is 271 g/mol. The molecule has 0 spiro atoms. The van der Waals surface area contributed by atoms with Crippen LogP contribution in [0, 0.1) is 11.3 Å². The Kier molecular flexibility index (Phi) is 3.01. The highest BCUT2D eigenvalue weighted by molar-refractivity contribution is 6.32. The van der Waals surface area contributed by atoms with Crippen LogP contribution in [0.25, 0.3) is 5.69 Å². The van der Waals surface area contributed by atoms with Gasteiger partial charge in [0, 0.05) is 0 Å². The molecule has 0 unspecified atom stereocenters. The van der Waals surface area contributed by atoms with E-state index in [-0.39, 0.29) is 10.7 Å². The van der Waals surface area contributed by atoms with Gasteiger partial charge in [-0.3, -0.25) is 0 Å². The van der Waals surface area contributed by atoms with Crippen molar-refractivity contribution in [3.8, 4) is 11.8 Å². The molecule has 3 nitrogen and oxygen atoms in total. The number of nitriles is 1. The summed E-state index contributed by atoms with van der Waals surface area (Å²) in [4.78, 5) is 0. The van der Waals surface area contributed by atoms with Crippen LogP contribution in [-0.2, 0) is 6.18 Å². The number of aromatic nitrogens is 2. The van der Waals surface area contributed by atoms with Gasteiger partial charge in [-0.15, -0.1) is 0 Å². The first-order valence-corrected chi connectivity index (χ1v) is 5.13. The number of alkyl halides is 3. The zero-order chi connectivity index (χ0) is 13.3. The highest BCUT2D eigenvalue weighted by atomic mass is 35.5. The van der Waals surface area contributed by atoms with Crippen LogP contribution < -0.4 is 0 Å². The van der Waals surface area contributed by atoms with E-state index in [1.807, 2.05) is 0 Å². The average molecular weight is 272 g/mol. The fourth-order valence-corrected chi connectivity index (χ4v) is 1.72. The third-order valence-corrected chi connectivity index (χ3v) is 2.56. The Morgan fingerprint density at radius 2 is 1.94 bits per heavy atom. The predicted molar refractivity (Wildman–Crippen MR) is 58.3 cm³/mol. The van der Waals surface area contributed by atoms with Crippen molar-refractivity contribution < 1.29 is 13.2 Å². The molecular weight excluding hydrogens is 267 g/mol. The summed E-state index contributed by atoms with van der Waals surface area (Å²) in [6.07, 6.45) is -3.81. The molecule has 2 rings (SSSR count). The summed E-state index contributed by atoms with van der Waals surface area (Å²) in [6.45, 7) is 0. The average Bonchev–Trinajstić information content (AvgIpc) is 2.73. The molecule has 1 aromatic heterocycles. The van der Waals surface area contributed by atoms with Crippen molar-refractivity contribution in [1.29, 1.82) is 5.26 Å². The van der Waals surface area contributed by atoms with E-state index in [0.29, 0.717) is 4.68 Å². The van der Waals surface area contributed by atoms with Gasteiger partial charge in [-0.1, -0.05) is 23.7 Å². The molecule has 1 heterocycles. The Balaban J connectivity index is 2.71. The third kappa shape index (κ3) is 2.05. The van der Waals surface area contributed by atoms with Crippen molar-refractivity contribution >= 4 is 11.6 Å². The smallest absolute Gasteiger partial charge is 0.226 e. The summed E-state index contributed by atoms with van der Waals surface area (Å²) in [5.41, 5.74) is -1.59. The predicted octanol–water partition coefficient (Wildman–Crippen LogP) is 3.42. The van der Waals surface area contributed by atoms with Crippen molar-refractivity contribution in [2.75, 3.05) is 0 Å². The highest BCUT2D eigenvalue weighted by Gasteiger charge is 2.39. The fourth-order valence-electron chi connectivity index (χ4n) is 1.51. The molecule has 18 heavy (non-hydrogen) atoms. The summed E-state index contributed by atoms with van der Waals surface area (Å²) in [7, 11) is 0. The zero-order valence-electron chi connectivity index (χ0n) is 8.74. The Bertz CT molecular complexity index is 625. The fraction of sp³-hybridized carbons (Fsp3) is 0.0909. The van der Waals surface area contributed by atoms with Gasteiger partial charge in [-0.25, -0.2) is 4.68 Å². The van der Waals surface area contributed by atoms with E-state index in [1.54, 1.807) is 6.07 Å². The van der Waals surface area contributed by atoms with Gasteiger partial charge in [-0.2, -0.15) is 23.5 Å². The summed E-state index contributed by atoms with van der Waals surface area (Å²) >= 11 is 5.82. The van der Waals surface area contributed by atoms with E-state index in [0.717, 1.165) is 6.20 Å². The van der Waals surface area contributed by atoms with Crippen molar-refractivity contribution in [2.24, 2.45) is 0 Å². The van der Waals surface area contributed by atoms with Crippen LogP contribution >= 0.6 is 11.6 Å². The minimum atomic E-state index is -4.68. The Labute approximate surface area is 105 Å². The van der Waals surface area contributed by atoms with Crippen LogP contribution in [0.1, 0.15) is 11.3 Å². The maximum Gasteiger partial charge on any atom is 0.434 e. The van der Waals surface area contributed by atoms with E-state index in [9.17, 15) is 13.2 Å². The highest BCUT2D eigenvalue weighted by Crippen LogP contribution is 2.34. The second-order valence-corrected chi connectivity index (χ2v) is 3.79. The summed E-state index contributed by atoms with van der Waals surface area (Å²) < 4.78 is 39.3. The second kappa shape index (κ2) is 4.35. The molecule has 0 fully saturated rings. The van der Waals surface area contributed by atoms with Crippen LogP contribution in [0.4, 0.5) is 13.2 Å². The maximum atomic E-state index is 12.9. The number of rotatable bonds is 1. The van der Waals surface area contributed by atoms with Crippen molar-refractivity contribution in [3.05, 3.63) is 46.7 Å². The van der Waals surface area contributed by atoms with E-state index >= 15 is 0 Å². The van der Waals surface area contributed by atoms with Gasteiger partial charge < -0.3 is 0 Å². The van der Waals surface area contributed by atoms with Crippen molar-refractivity contribution in [3.63, 3.8) is 0 Å². The minimum Gasteiger partial charge on any atom is -0.226 e. The summed E-state index contributed by atoms with van der Waals surface area (Å²) in [5, 5.41) is 12.4. The van der Waals surface area contributed by atoms with Gasteiger partial charge in [0.2, 0.25) is 0 Å². The van der Waals surface area contributed by atoms with Gasteiger partial charge in [0.05, 0.1) is 16.9 Å². The standard InChI is InChI=1S/C11H5ClF3N3/c12-8-3-1-2-4-9(8)18-10(11(13,14)15)7(5-16)6-17-18/h1-4,6H. The minimum absolute atomic E-state index is 0.0768. The first kappa shape index (κ1) is 12.5. The molecule has 0 radical (unpaired) electrons. The molecule has 0 bridgehead atoms. The topological polar surface area (TPSA) is 41.6 Å². The molecule has 0 aliphatic rings. The van der Waals surface area contributed by atoms with Crippen LogP contribution in [0.15, 0.2) is 30.5 Å². The van der Waals surface area contributed by atoms with Gasteiger partial charge in [0.25, 0.3) is 0 Å². The molecule has 0 aliphatic carbocycles. The molecule has 2 aromatic rings. The largest absolute Gasteiger partial charge is 0.434 e. The number of hydrogen-bond donors (Lipinski definition) is 0. The first-order chi connectivity index (χ1) is 8.45. The number of halogens is 4. The van der Waals surface area contributed by atoms with Crippen LogP contribution in [0.2, 0.25) is 5.02 Å². The summed E-state index contributed by atoms with van der Waals surface area (Å²) in [5.74, 6) is 0. The lowest BCUT2D eigenvalue weighted by molar-refractivity contribution is -0.143. The SMILES string of the molecule is N#Cc1cnn(-c2ccccc2Cl)c1C(F)(F)F. The molecule has 0 atom stereocenters. The summed E-state index contributed by atoms with van der Waals surface area (Å²) in [6, 6.07) is 7.44. The lowest BCUT2D eigenvalue weighted by atomic mass is 10.2. The van der Waals surface area contributed by atoms with E-state index in [4.69, 9.17) is 16.9 Å². The molecular formula is C11H5ClF3N3. The molecule has 92 valence electrons. The quantitative estimate of drug-likeness (QED) is 0.797. The molecule has 0 saturated carbocycles. The third-order valence-electron chi connectivity index (χ3n) is 2.24. The number of nitrogens with zero attached hydrogens (tertiary/aromatic N) is 3. The van der Waals surface area contributed by atoms with Crippen LogP contribution in [0.5, 0.6) is 0 Å². The van der Waals surface area contributed by atoms with Crippen LogP contribution in [0.3, 0.4) is 0 Å². The normalized spacial score (nSPS) is 11.3. The Hall–Kier alpha value is -2.00. The van der Waals surface area contributed by atoms with Gasteiger partial charge in [0.1, 0.15) is 11.6 Å². The van der Waals surface area contributed by atoms with E-state index in [2.05, 4.69) is 5.10 Å². The first-order valence-electron chi connectivity index (χ1n) is 4.75. The van der Waals surface area contributed by atoms with Crippen LogP contribution in [-0.4, -0.2) is 9.78 Å². The Morgan fingerprint density at radius 1 is 1.28 bits per heavy atom. The van der Waals surface area contributed by atoms with Crippen molar-refractivity contribution in [1.82, 2.24) is 9.78 Å². The number of para-hydroxylation sites is 1. The van der Waals surface area contributed by atoms with E-state index in [1.165, 1.54) is 24.3 Å². The lowest BCUT2D eigenvalue weighted by Crippen LogP contribution is -2.15. The molecule has 0 aliphatic heterocycles. The Morgan fingerprint density at radius 3 is 2.50 bits per heavy atom. The maximum absolute atomic E-state index is 12.9. The van der Waals surface area contributed by atoms with Crippen molar-refractivity contribution in [2.45, 2.75) is 6.18 Å². The molecule has 0 N–H and O–H groups in total. The molecule has 1 aromatic carbocycles. The lowest BCUT2D eigenvalue weighted by Gasteiger charge is -2.11. The number of benzene rings is 1. The zero-order valence-corrected chi connectivity index (χ0v) is 9.50. The molecule has 7 heteroatoms. The van der Waals surface area contributed by atoms with Gasteiger partial charge in [0.15, 0.2) is 5.69 Å². The van der Waals surface area contributed by atoms with Gasteiger partial charge >= 0.3 is 6.18 Å². The molecule has 0 amide bonds.